The van der Waals surface area contributed by atoms with Gasteiger partial charge >= 0.3 is 0 Å². The fourth-order valence-corrected chi connectivity index (χ4v) is 0.607. The maximum atomic E-state index is 4.45. The maximum Gasteiger partial charge on any atom is 0.214 e. The summed E-state index contributed by atoms with van der Waals surface area (Å²) in [6.45, 7) is 2.00. The molecule has 38 valence electrons. The molecule has 0 fully saturated rings. The first-order chi connectivity index (χ1) is 3.43. The lowest BCUT2D eigenvalue weighted by atomic mass is 11.3. The van der Waals surface area contributed by atoms with Gasteiger partial charge in [0.1, 0.15) is 0 Å². The van der Waals surface area contributed by atoms with Gasteiger partial charge in [0.2, 0.25) is 6.39 Å². The number of aromatic nitrogens is 2. The fraction of sp³-hybridized carbons (Fsp3) is 0.333. The Kier molecular flexibility index (Phi) is 1.37. The van der Waals surface area contributed by atoms with Gasteiger partial charge in [0.15, 0.2) is 5.57 Å². The van der Waals surface area contributed by atoms with Gasteiger partial charge in [0, 0.05) is 0 Å². The Morgan fingerprint density at radius 2 is 2.71 bits per heavy atom. The Labute approximate surface area is 42.9 Å². The van der Waals surface area contributed by atoms with Crippen LogP contribution in [0.4, 0.5) is 0 Å². The van der Waals surface area contributed by atoms with Crippen molar-refractivity contribution in [3.05, 3.63) is 6.39 Å². The standard InChI is InChI=1S/C3H5N2OP/c1-7-3-4-2-6-5-3/h2,7H,1H3. The van der Waals surface area contributed by atoms with E-state index in [2.05, 4.69) is 14.7 Å². The van der Waals surface area contributed by atoms with Crippen LogP contribution in [0.3, 0.4) is 0 Å². The first-order valence-corrected chi connectivity index (χ1v) is 3.37. The highest BCUT2D eigenvalue weighted by molar-refractivity contribution is 7.45. The average Bonchev–Trinajstić information content (AvgIpc) is 2.14. The lowest BCUT2D eigenvalue weighted by Gasteiger charge is -1.73. The fourth-order valence-electron chi connectivity index (χ4n) is 0.281. The van der Waals surface area contributed by atoms with E-state index in [9.17, 15) is 0 Å². The van der Waals surface area contributed by atoms with Gasteiger partial charge in [0.25, 0.3) is 0 Å². The molecule has 3 nitrogen and oxygen atoms in total. The number of hydrogen-bond donors (Lipinski definition) is 0. The van der Waals surface area contributed by atoms with Gasteiger partial charge in [0.05, 0.1) is 0 Å². The molecule has 0 saturated heterocycles. The van der Waals surface area contributed by atoms with Gasteiger partial charge in [-0.05, 0) is 15.2 Å². The van der Waals surface area contributed by atoms with E-state index in [4.69, 9.17) is 0 Å². The minimum Gasteiger partial charge on any atom is -0.342 e. The lowest BCUT2D eigenvalue weighted by molar-refractivity contribution is 0.421. The number of nitrogens with zero attached hydrogens (tertiary/aromatic N) is 2. The second-order valence-electron chi connectivity index (χ2n) is 1.00. The molecule has 0 spiro atoms. The topological polar surface area (TPSA) is 38.9 Å². The molecule has 1 heterocycles. The Balaban J connectivity index is 2.76. The Hall–Kier alpha value is -0.430. The zero-order chi connectivity index (χ0) is 5.11. The summed E-state index contributed by atoms with van der Waals surface area (Å²) in [4.78, 5) is 3.77. The van der Waals surface area contributed by atoms with Crippen LogP contribution in [0.25, 0.3) is 0 Å². The molecule has 0 aliphatic rings. The van der Waals surface area contributed by atoms with Crippen LogP contribution < -0.4 is 5.57 Å². The first-order valence-electron chi connectivity index (χ1n) is 1.87. The van der Waals surface area contributed by atoms with Crippen molar-refractivity contribution in [2.75, 3.05) is 6.66 Å². The van der Waals surface area contributed by atoms with E-state index < -0.39 is 0 Å². The van der Waals surface area contributed by atoms with E-state index in [1.165, 1.54) is 6.39 Å². The molecule has 1 atom stereocenters. The van der Waals surface area contributed by atoms with Crippen molar-refractivity contribution in [3.63, 3.8) is 0 Å². The largest absolute Gasteiger partial charge is 0.342 e. The molecule has 1 rings (SSSR count). The average molecular weight is 116 g/mol. The smallest absolute Gasteiger partial charge is 0.214 e. The molecule has 0 radical (unpaired) electrons. The summed E-state index contributed by atoms with van der Waals surface area (Å²) >= 11 is 0. The molecule has 0 aromatic carbocycles. The predicted molar refractivity (Wildman–Crippen MR) is 28.2 cm³/mol. The van der Waals surface area contributed by atoms with Crippen molar-refractivity contribution in [1.82, 2.24) is 10.1 Å². The zero-order valence-electron chi connectivity index (χ0n) is 3.88. The normalized spacial score (nSPS) is 11.0. The second-order valence-corrected chi connectivity index (χ2v) is 1.95. The van der Waals surface area contributed by atoms with Crippen molar-refractivity contribution in [1.29, 1.82) is 0 Å². The quantitative estimate of drug-likeness (QED) is 0.485. The lowest BCUT2D eigenvalue weighted by Crippen LogP contribution is -1.95. The molecule has 1 unspecified atom stereocenters. The summed E-state index contributed by atoms with van der Waals surface area (Å²) in [6, 6.07) is 0. The Morgan fingerprint density at radius 3 is 3.00 bits per heavy atom. The van der Waals surface area contributed by atoms with Crippen molar-refractivity contribution in [3.8, 4) is 0 Å². The van der Waals surface area contributed by atoms with Crippen LogP contribution in [0.15, 0.2) is 10.9 Å². The molecule has 1 aromatic heterocycles. The van der Waals surface area contributed by atoms with Crippen LogP contribution in [0.5, 0.6) is 0 Å². The summed E-state index contributed by atoms with van der Waals surface area (Å²) in [5, 5.41) is 3.56. The highest BCUT2D eigenvalue weighted by atomic mass is 31.1. The van der Waals surface area contributed by atoms with Crippen LogP contribution >= 0.6 is 8.58 Å². The Bertz CT molecular complexity index is 127. The predicted octanol–water partition coefficient (Wildman–Crippen LogP) is 0.00320. The molecule has 0 amide bonds. The molecule has 0 bridgehead atoms. The Morgan fingerprint density at radius 1 is 1.86 bits per heavy atom. The van der Waals surface area contributed by atoms with Crippen molar-refractivity contribution < 1.29 is 4.52 Å². The van der Waals surface area contributed by atoms with Crippen LogP contribution in [0.1, 0.15) is 0 Å². The van der Waals surface area contributed by atoms with Crippen LogP contribution in [-0.4, -0.2) is 16.8 Å². The molecule has 0 aliphatic heterocycles. The van der Waals surface area contributed by atoms with Gasteiger partial charge in [-0.15, -0.1) is 0 Å². The molecule has 1 aromatic rings. The van der Waals surface area contributed by atoms with Crippen LogP contribution in [0, 0.1) is 0 Å². The van der Waals surface area contributed by atoms with E-state index in [1.807, 2.05) is 6.66 Å². The van der Waals surface area contributed by atoms with E-state index >= 15 is 0 Å². The van der Waals surface area contributed by atoms with Gasteiger partial charge in [-0.25, -0.2) is 0 Å². The molecule has 7 heavy (non-hydrogen) atoms. The molecular weight excluding hydrogens is 111 g/mol. The van der Waals surface area contributed by atoms with Crippen LogP contribution in [0.2, 0.25) is 0 Å². The van der Waals surface area contributed by atoms with Gasteiger partial charge in [-0.1, -0.05) is 5.16 Å². The molecular formula is C3H5N2OP. The summed E-state index contributed by atoms with van der Waals surface area (Å²) < 4.78 is 4.45. The van der Waals surface area contributed by atoms with Crippen molar-refractivity contribution in [2.45, 2.75) is 0 Å². The number of rotatable bonds is 1. The second kappa shape index (κ2) is 2.03. The summed E-state index contributed by atoms with van der Waals surface area (Å²) in [5.41, 5.74) is 0.792. The third-order valence-corrected chi connectivity index (χ3v) is 1.25. The van der Waals surface area contributed by atoms with Crippen LogP contribution in [-0.2, 0) is 0 Å². The zero-order valence-corrected chi connectivity index (χ0v) is 4.88. The van der Waals surface area contributed by atoms with Gasteiger partial charge in [-0.2, -0.15) is 4.98 Å². The highest BCUT2D eigenvalue weighted by Crippen LogP contribution is 1.94. The minimum absolute atomic E-state index is 0.639. The number of hydrogen-bond acceptors (Lipinski definition) is 3. The van der Waals surface area contributed by atoms with E-state index in [-0.39, 0.29) is 0 Å². The van der Waals surface area contributed by atoms with Crippen molar-refractivity contribution in [2.24, 2.45) is 0 Å². The summed E-state index contributed by atoms with van der Waals surface area (Å²) in [5.74, 6) is 0. The third-order valence-electron chi connectivity index (χ3n) is 0.585. The first kappa shape index (κ1) is 4.72. The molecule has 4 heteroatoms. The van der Waals surface area contributed by atoms with Gasteiger partial charge in [-0.3, -0.25) is 0 Å². The SMILES string of the molecule is CPc1ncon1. The molecule has 0 aliphatic carbocycles. The highest BCUT2D eigenvalue weighted by Gasteiger charge is 1.87. The van der Waals surface area contributed by atoms with E-state index in [0.29, 0.717) is 8.58 Å². The summed E-state index contributed by atoms with van der Waals surface area (Å²) in [6.07, 6.45) is 1.34. The molecule has 0 N–H and O–H groups in total. The summed E-state index contributed by atoms with van der Waals surface area (Å²) in [7, 11) is 0.639. The van der Waals surface area contributed by atoms with E-state index in [0.717, 1.165) is 5.57 Å². The molecule has 0 saturated carbocycles. The minimum atomic E-state index is 0.639. The van der Waals surface area contributed by atoms with E-state index in [1.54, 1.807) is 0 Å². The van der Waals surface area contributed by atoms with Crippen molar-refractivity contribution >= 4 is 14.1 Å². The maximum absolute atomic E-state index is 4.45. The van der Waals surface area contributed by atoms with Gasteiger partial charge < -0.3 is 4.52 Å². The third kappa shape index (κ3) is 0.967. The monoisotopic (exact) mass is 116 g/mol.